The number of benzene rings is 2. The average molecular weight is 261 g/mol. The Morgan fingerprint density at radius 3 is 2.85 bits per heavy atom. The lowest BCUT2D eigenvalue weighted by Gasteiger charge is -2.18. The second kappa shape index (κ2) is 4.23. The molecule has 3 nitrogen and oxygen atoms in total. The van der Waals surface area contributed by atoms with E-state index in [1.165, 1.54) is 22.2 Å². The number of aromatic nitrogens is 1. The average Bonchev–Trinajstić information content (AvgIpc) is 2.92. The standard InChI is InChI=1S/C17H15N3/c18-16-5-1-3-13-10-20(11-15(13)16)14-6-7-17-12(9-14)4-2-8-19-17/h1-9H,10-11,18H2. The molecule has 2 aromatic carbocycles. The van der Waals surface area contributed by atoms with Crippen molar-refractivity contribution >= 4 is 22.3 Å². The predicted molar refractivity (Wildman–Crippen MR) is 82.5 cm³/mol. The van der Waals surface area contributed by atoms with Crippen LogP contribution in [0, 0.1) is 0 Å². The van der Waals surface area contributed by atoms with Crippen LogP contribution in [-0.4, -0.2) is 4.98 Å². The number of nitrogens with zero attached hydrogens (tertiary/aromatic N) is 2. The highest BCUT2D eigenvalue weighted by atomic mass is 15.1. The van der Waals surface area contributed by atoms with Gasteiger partial charge in [-0.3, -0.25) is 4.98 Å². The molecule has 3 heteroatoms. The highest BCUT2D eigenvalue weighted by Gasteiger charge is 2.20. The maximum Gasteiger partial charge on any atom is 0.0703 e. The summed E-state index contributed by atoms with van der Waals surface area (Å²) in [4.78, 5) is 6.72. The topological polar surface area (TPSA) is 42.1 Å². The van der Waals surface area contributed by atoms with Crippen LogP contribution < -0.4 is 10.6 Å². The zero-order valence-electron chi connectivity index (χ0n) is 11.1. The van der Waals surface area contributed by atoms with Crippen molar-refractivity contribution in [2.75, 3.05) is 10.6 Å². The van der Waals surface area contributed by atoms with Gasteiger partial charge in [-0.1, -0.05) is 18.2 Å². The van der Waals surface area contributed by atoms with Gasteiger partial charge in [0.1, 0.15) is 0 Å². The number of rotatable bonds is 1. The zero-order chi connectivity index (χ0) is 13.5. The Balaban J connectivity index is 1.73. The zero-order valence-corrected chi connectivity index (χ0v) is 11.1. The summed E-state index contributed by atoms with van der Waals surface area (Å²) in [6.07, 6.45) is 1.83. The molecule has 4 rings (SSSR count). The summed E-state index contributed by atoms with van der Waals surface area (Å²) in [5.41, 5.74) is 11.8. The number of nitrogens with two attached hydrogens (primary N) is 1. The van der Waals surface area contributed by atoms with Gasteiger partial charge >= 0.3 is 0 Å². The van der Waals surface area contributed by atoms with Crippen LogP contribution >= 0.6 is 0 Å². The van der Waals surface area contributed by atoms with Crippen LogP contribution in [0.4, 0.5) is 11.4 Å². The van der Waals surface area contributed by atoms with E-state index < -0.39 is 0 Å². The maximum absolute atomic E-state index is 6.07. The van der Waals surface area contributed by atoms with E-state index in [9.17, 15) is 0 Å². The van der Waals surface area contributed by atoms with Crippen LogP contribution in [0.3, 0.4) is 0 Å². The Bertz CT molecular complexity index is 795. The molecule has 2 N–H and O–H groups in total. The molecule has 0 amide bonds. The van der Waals surface area contributed by atoms with Crippen molar-refractivity contribution in [1.29, 1.82) is 0 Å². The minimum atomic E-state index is 0.883. The fourth-order valence-corrected chi connectivity index (χ4v) is 2.89. The van der Waals surface area contributed by atoms with Crippen LogP contribution in [0.5, 0.6) is 0 Å². The van der Waals surface area contributed by atoms with E-state index in [4.69, 9.17) is 5.73 Å². The number of hydrogen-bond donors (Lipinski definition) is 1. The fraction of sp³-hybridized carbons (Fsp3) is 0.118. The van der Waals surface area contributed by atoms with E-state index in [1.807, 2.05) is 24.4 Å². The molecule has 20 heavy (non-hydrogen) atoms. The number of pyridine rings is 1. The van der Waals surface area contributed by atoms with Crippen LogP contribution in [0.2, 0.25) is 0 Å². The van der Waals surface area contributed by atoms with E-state index in [1.54, 1.807) is 0 Å². The van der Waals surface area contributed by atoms with Crippen molar-refractivity contribution in [2.24, 2.45) is 0 Å². The lowest BCUT2D eigenvalue weighted by Crippen LogP contribution is -2.14. The molecule has 0 unspecified atom stereocenters. The molecule has 0 bridgehead atoms. The first-order valence-corrected chi connectivity index (χ1v) is 6.77. The fourth-order valence-electron chi connectivity index (χ4n) is 2.89. The molecule has 0 saturated heterocycles. The van der Waals surface area contributed by atoms with Gasteiger partial charge in [0, 0.05) is 36.0 Å². The minimum Gasteiger partial charge on any atom is -0.398 e. The van der Waals surface area contributed by atoms with Crippen molar-refractivity contribution in [3.8, 4) is 0 Å². The summed E-state index contributed by atoms with van der Waals surface area (Å²) in [6, 6.07) is 16.7. The summed E-state index contributed by atoms with van der Waals surface area (Å²) < 4.78 is 0. The van der Waals surface area contributed by atoms with E-state index in [0.29, 0.717) is 0 Å². The number of anilines is 2. The third-order valence-corrected chi connectivity index (χ3v) is 3.97. The molecule has 0 aliphatic carbocycles. The maximum atomic E-state index is 6.07. The smallest absolute Gasteiger partial charge is 0.0703 e. The number of nitrogen functional groups attached to an aromatic ring is 1. The highest BCUT2D eigenvalue weighted by Crippen LogP contribution is 2.32. The van der Waals surface area contributed by atoms with Gasteiger partial charge in [-0.15, -0.1) is 0 Å². The van der Waals surface area contributed by atoms with Crippen LogP contribution in [0.15, 0.2) is 54.7 Å². The van der Waals surface area contributed by atoms with Gasteiger partial charge in [-0.25, -0.2) is 0 Å². The summed E-state index contributed by atoms with van der Waals surface area (Å²) in [7, 11) is 0. The molecule has 0 fully saturated rings. The van der Waals surface area contributed by atoms with Crippen LogP contribution in [-0.2, 0) is 13.1 Å². The predicted octanol–water partition coefficient (Wildman–Crippen LogP) is 3.34. The largest absolute Gasteiger partial charge is 0.398 e. The molecule has 1 aromatic heterocycles. The Kier molecular flexibility index (Phi) is 2.39. The molecule has 2 heterocycles. The van der Waals surface area contributed by atoms with Gasteiger partial charge in [0.15, 0.2) is 0 Å². The molecule has 1 aliphatic rings. The Morgan fingerprint density at radius 2 is 1.95 bits per heavy atom. The summed E-state index contributed by atoms with van der Waals surface area (Å²) >= 11 is 0. The summed E-state index contributed by atoms with van der Waals surface area (Å²) in [5.74, 6) is 0. The van der Waals surface area contributed by atoms with Crippen molar-refractivity contribution in [3.63, 3.8) is 0 Å². The normalized spacial score (nSPS) is 13.7. The monoisotopic (exact) mass is 261 g/mol. The molecule has 0 spiro atoms. The third-order valence-electron chi connectivity index (χ3n) is 3.97. The first-order chi connectivity index (χ1) is 9.81. The Morgan fingerprint density at radius 1 is 1.00 bits per heavy atom. The second-order valence-electron chi connectivity index (χ2n) is 5.22. The van der Waals surface area contributed by atoms with E-state index in [0.717, 1.165) is 24.3 Å². The van der Waals surface area contributed by atoms with Gasteiger partial charge in [0.2, 0.25) is 0 Å². The lowest BCUT2D eigenvalue weighted by atomic mass is 10.1. The first-order valence-electron chi connectivity index (χ1n) is 6.77. The van der Waals surface area contributed by atoms with Crippen molar-refractivity contribution in [1.82, 2.24) is 4.98 Å². The molecular weight excluding hydrogens is 246 g/mol. The van der Waals surface area contributed by atoms with Gasteiger partial charge in [0.05, 0.1) is 5.52 Å². The molecule has 0 atom stereocenters. The van der Waals surface area contributed by atoms with E-state index in [2.05, 4.69) is 40.2 Å². The van der Waals surface area contributed by atoms with Crippen LogP contribution in [0.1, 0.15) is 11.1 Å². The summed E-state index contributed by atoms with van der Waals surface area (Å²) in [6.45, 7) is 1.81. The van der Waals surface area contributed by atoms with Gasteiger partial charge < -0.3 is 10.6 Å². The lowest BCUT2D eigenvalue weighted by molar-refractivity contribution is 0.882. The van der Waals surface area contributed by atoms with Crippen molar-refractivity contribution in [2.45, 2.75) is 13.1 Å². The minimum absolute atomic E-state index is 0.883. The van der Waals surface area contributed by atoms with Crippen LogP contribution in [0.25, 0.3) is 10.9 Å². The van der Waals surface area contributed by atoms with Gasteiger partial charge in [-0.05, 0) is 41.5 Å². The molecule has 0 saturated carbocycles. The Hall–Kier alpha value is -2.55. The van der Waals surface area contributed by atoms with Crippen molar-refractivity contribution in [3.05, 3.63) is 65.9 Å². The number of fused-ring (bicyclic) bond motifs is 2. The SMILES string of the molecule is Nc1cccc2c1CN(c1ccc3ncccc3c1)C2. The molecule has 0 radical (unpaired) electrons. The quantitative estimate of drug-likeness (QED) is 0.683. The van der Waals surface area contributed by atoms with Crippen molar-refractivity contribution < 1.29 is 0 Å². The third kappa shape index (κ3) is 1.71. The molecule has 1 aliphatic heterocycles. The molecular formula is C17H15N3. The first kappa shape index (κ1) is 11.3. The second-order valence-corrected chi connectivity index (χ2v) is 5.22. The van der Waals surface area contributed by atoms with E-state index in [-0.39, 0.29) is 0 Å². The Labute approximate surface area is 117 Å². The molecule has 98 valence electrons. The van der Waals surface area contributed by atoms with Gasteiger partial charge in [-0.2, -0.15) is 0 Å². The molecule has 3 aromatic rings. The van der Waals surface area contributed by atoms with Gasteiger partial charge in [0.25, 0.3) is 0 Å². The summed E-state index contributed by atoms with van der Waals surface area (Å²) in [5, 5.41) is 1.17. The highest BCUT2D eigenvalue weighted by molar-refractivity contribution is 5.82. The van der Waals surface area contributed by atoms with E-state index >= 15 is 0 Å². The number of hydrogen-bond acceptors (Lipinski definition) is 3.